The zero-order valence-corrected chi connectivity index (χ0v) is 9.17. The molecule has 0 saturated heterocycles. The Kier molecular flexibility index (Phi) is 2.82. The molecule has 2 aromatic rings. The fourth-order valence-electron chi connectivity index (χ4n) is 1.52. The molecule has 5 nitrogen and oxygen atoms in total. The topological polar surface area (TPSA) is 79.7 Å². The Labute approximate surface area is 97.3 Å². The van der Waals surface area contributed by atoms with Crippen molar-refractivity contribution in [2.24, 2.45) is 0 Å². The number of aromatic hydroxyl groups is 2. The lowest BCUT2D eigenvalue weighted by molar-refractivity contribution is 0.0523. The minimum atomic E-state index is -0.636. The molecule has 0 bridgehead atoms. The van der Waals surface area contributed by atoms with Crippen LogP contribution in [0.3, 0.4) is 0 Å². The van der Waals surface area contributed by atoms with Crippen molar-refractivity contribution in [3.05, 3.63) is 30.0 Å². The van der Waals surface area contributed by atoms with E-state index >= 15 is 0 Å². The number of carbonyl (C=O) groups is 1. The molecular formula is C12H11NO4. The maximum Gasteiger partial charge on any atom is 0.343 e. The van der Waals surface area contributed by atoms with Crippen molar-refractivity contribution >= 4 is 16.9 Å². The van der Waals surface area contributed by atoms with E-state index < -0.39 is 5.97 Å². The van der Waals surface area contributed by atoms with Crippen LogP contribution in [-0.4, -0.2) is 27.8 Å². The summed E-state index contributed by atoms with van der Waals surface area (Å²) in [5.41, 5.74) is 0.485. The fraction of sp³-hybridized carbons (Fsp3) is 0.167. The molecule has 1 heterocycles. The number of rotatable bonds is 2. The predicted molar refractivity (Wildman–Crippen MR) is 61.0 cm³/mol. The summed E-state index contributed by atoms with van der Waals surface area (Å²) in [4.78, 5) is 15.5. The summed E-state index contributed by atoms with van der Waals surface area (Å²) in [6.07, 6.45) is 1.26. The first-order valence-corrected chi connectivity index (χ1v) is 5.11. The molecule has 0 aliphatic heterocycles. The molecule has 0 saturated carbocycles. The van der Waals surface area contributed by atoms with E-state index in [4.69, 9.17) is 4.74 Å². The third-order valence-electron chi connectivity index (χ3n) is 2.32. The molecule has 0 amide bonds. The smallest absolute Gasteiger partial charge is 0.343 e. The van der Waals surface area contributed by atoms with Crippen molar-refractivity contribution in [1.29, 1.82) is 0 Å². The van der Waals surface area contributed by atoms with Crippen LogP contribution in [0.4, 0.5) is 0 Å². The molecule has 17 heavy (non-hydrogen) atoms. The van der Waals surface area contributed by atoms with Crippen molar-refractivity contribution in [2.75, 3.05) is 6.61 Å². The zero-order valence-electron chi connectivity index (χ0n) is 9.17. The maximum atomic E-state index is 11.5. The van der Waals surface area contributed by atoms with E-state index in [-0.39, 0.29) is 23.7 Å². The van der Waals surface area contributed by atoms with Gasteiger partial charge in [0.1, 0.15) is 17.1 Å². The fourth-order valence-corrected chi connectivity index (χ4v) is 1.52. The van der Waals surface area contributed by atoms with Gasteiger partial charge in [-0.05, 0) is 25.1 Å². The summed E-state index contributed by atoms with van der Waals surface area (Å²) in [5, 5.41) is 19.6. The number of carbonyl (C=O) groups excluding carboxylic acids is 1. The highest BCUT2D eigenvalue weighted by molar-refractivity contribution is 5.99. The Bertz CT molecular complexity index is 580. The van der Waals surface area contributed by atoms with Crippen LogP contribution >= 0.6 is 0 Å². The third kappa shape index (κ3) is 1.99. The third-order valence-corrected chi connectivity index (χ3v) is 2.32. The first-order chi connectivity index (χ1) is 8.13. The maximum absolute atomic E-state index is 11.5. The zero-order chi connectivity index (χ0) is 12.4. The summed E-state index contributed by atoms with van der Waals surface area (Å²) in [6, 6.07) is 4.36. The van der Waals surface area contributed by atoms with Gasteiger partial charge < -0.3 is 14.9 Å². The lowest BCUT2D eigenvalue weighted by atomic mass is 10.1. The van der Waals surface area contributed by atoms with E-state index in [0.717, 1.165) is 0 Å². The highest BCUT2D eigenvalue weighted by Gasteiger charge is 2.15. The van der Waals surface area contributed by atoms with E-state index in [1.165, 1.54) is 18.3 Å². The summed E-state index contributed by atoms with van der Waals surface area (Å²) in [7, 11) is 0. The molecule has 88 valence electrons. The van der Waals surface area contributed by atoms with Gasteiger partial charge in [0.15, 0.2) is 0 Å². The monoisotopic (exact) mass is 233 g/mol. The Balaban J connectivity index is 2.60. The van der Waals surface area contributed by atoms with Crippen LogP contribution in [-0.2, 0) is 4.74 Å². The number of hydrogen-bond acceptors (Lipinski definition) is 5. The minimum Gasteiger partial charge on any atom is -0.508 e. The number of hydrogen-bond donors (Lipinski definition) is 2. The molecule has 0 atom stereocenters. The number of phenolic OH excluding ortho intramolecular Hbond substituents is 1. The molecule has 0 spiro atoms. The molecule has 0 aliphatic carbocycles. The van der Waals surface area contributed by atoms with E-state index in [2.05, 4.69) is 4.98 Å². The molecule has 0 aliphatic rings. The van der Waals surface area contributed by atoms with Crippen LogP contribution in [0, 0.1) is 0 Å². The SMILES string of the molecule is CCOC(=O)c1cnc2ccc(O)cc2c1O. The van der Waals surface area contributed by atoms with Gasteiger partial charge in [-0.15, -0.1) is 0 Å². The summed E-state index contributed by atoms with van der Waals surface area (Å²) in [5.74, 6) is -0.872. The quantitative estimate of drug-likeness (QED) is 0.773. The van der Waals surface area contributed by atoms with E-state index in [1.807, 2.05) is 0 Å². The second-order valence-corrected chi connectivity index (χ2v) is 3.44. The van der Waals surface area contributed by atoms with Gasteiger partial charge in [0.05, 0.1) is 12.1 Å². The van der Waals surface area contributed by atoms with Gasteiger partial charge in [-0.25, -0.2) is 4.79 Å². The van der Waals surface area contributed by atoms with Crippen molar-refractivity contribution in [1.82, 2.24) is 4.98 Å². The minimum absolute atomic E-state index is 0.00407. The molecule has 0 fully saturated rings. The largest absolute Gasteiger partial charge is 0.508 e. The van der Waals surface area contributed by atoms with Gasteiger partial charge in [0, 0.05) is 11.6 Å². The van der Waals surface area contributed by atoms with Crippen LogP contribution in [0.25, 0.3) is 10.9 Å². The first kappa shape index (κ1) is 11.2. The van der Waals surface area contributed by atoms with Gasteiger partial charge in [0.2, 0.25) is 0 Å². The van der Waals surface area contributed by atoms with E-state index in [9.17, 15) is 15.0 Å². The van der Waals surface area contributed by atoms with Crippen LogP contribution in [0.1, 0.15) is 17.3 Å². The molecule has 0 unspecified atom stereocenters. The summed E-state index contributed by atoms with van der Waals surface area (Å²) < 4.78 is 4.79. The van der Waals surface area contributed by atoms with Gasteiger partial charge in [-0.1, -0.05) is 0 Å². The van der Waals surface area contributed by atoms with Crippen LogP contribution in [0.5, 0.6) is 11.5 Å². The lowest BCUT2D eigenvalue weighted by Gasteiger charge is -2.06. The number of phenols is 1. The van der Waals surface area contributed by atoms with Crippen molar-refractivity contribution in [3.8, 4) is 11.5 Å². The summed E-state index contributed by atoms with van der Waals surface area (Å²) >= 11 is 0. The number of nitrogens with zero attached hydrogens (tertiary/aromatic N) is 1. The van der Waals surface area contributed by atoms with Crippen molar-refractivity contribution in [2.45, 2.75) is 6.92 Å². The van der Waals surface area contributed by atoms with Gasteiger partial charge in [0.25, 0.3) is 0 Å². The molecule has 0 radical (unpaired) electrons. The first-order valence-electron chi connectivity index (χ1n) is 5.11. The Morgan fingerprint density at radius 3 is 2.88 bits per heavy atom. The average molecular weight is 233 g/mol. The van der Waals surface area contributed by atoms with Gasteiger partial charge >= 0.3 is 5.97 Å². The van der Waals surface area contributed by atoms with Crippen LogP contribution in [0.15, 0.2) is 24.4 Å². The average Bonchev–Trinajstić information content (AvgIpc) is 2.30. The highest BCUT2D eigenvalue weighted by Crippen LogP contribution is 2.29. The second kappa shape index (κ2) is 4.29. The van der Waals surface area contributed by atoms with Crippen molar-refractivity contribution in [3.63, 3.8) is 0 Å². The van der Waals surface area contributed by atoms with E-state index in [0.29, 0.717) is 10.9 Å². The predicted octanol–water partition coefficient (Wildman–Crippen LogP) is 1.82. The number of aromatic nitrogens is 1. The Morgan fingerprint density at radius 1 is 1.41 bits per heavy atom. The Hall–Kier alpha value is -2.30. The number of fused-ring (bicyclic) bond motifs is 1. The van der Waals surface area contributed by atoms with Crippen LogP contribution in [0.2, 0.25) is 0 Å². The second-order valence-electron chi connectivity index (χ2n) is 3.44. The van der Waals surface area contributed by atoms with E-state index in [1.54, 1.807) is 13.0 Å². The summed E-state index contributed by atoms with van der Waals surface area (Å²) in [6.45, 7) is 1.89. The standard InChI is InChI=1S/C12H11NO4/c1-2-17-12(16)9-6-13-10-4-3-7(14)5-8(10)11(9)15/h3-6,14H,2H2,1H3,(H,13,15). The van der Waals surface area contributed by atoms with Gasteiger partial charge in [-0.3, -0.25) is 4.98 Å². The van der Waals surface area contributed by atoms with Crippen LogP contribution < -0.4 is 0 Å². The molecule has 5 heteroatoms. The Morgan fingerprint density at radius 2 is 2.18 bits per heavy atom. The highest BCUT2D eigenvalue weighted by atomic mass is 16.5. The lowest BCUT2D eigenvalue weighted by Crippen LogP contribution is -2.05. The normalized spacial score (nSPS) is 10.4. The molecule has 2 rings (SSSR count). The molecule has 1 aromatic heterocycles. The molecular weight excluding hydrogens is 222 g/mol. The number of pyridine rings is 1. The number of esters is 1. The van der Waals surface area contributed by atoms with Gasteiger partial charge in [-0.2, -0.15) is 0 Å². The molecule has 1 aromatic carbocycles. The van der Waals surface area contributed by atoms with Crippen molar-refractivity contribution < 1.29 is 19.7 Å². The number of benzene rings is 1. The molecule has 2 N–H and O–H groups in total. The number of ether oxygens (including phenoxy) is 1.